The van der Waals surface area contributed by atoms with Gasteiger partial charge in [-0.15, -0.1) is 0 Å². The summed E-state index contributed by atoms with van der Waals surface area (Å²) in [5, 5.41) is 15.0. The third-order valence-electron chi connectivity index (χ3n) is 3.57. The van der Waals surface area contributed by atoms with Crippen LogP contribution in [0.1, 0.15) is 16.1 Å². The van der Waals surface area contributed by atoms with Gasteiger partial charge in [0.25, 0.3) is 5.91 Å². The van der Waals surface area contributed by atoms with Crippen LogP contribution in [0.25, 0.3) is 0 Å². The lowest BCUT2D eigenvalue weighted by atomic mass is 10.2. The van der Waals surface area contributed by atoms with E-state index in [1.165, 1.54) is 19.4 Å². The van der Waals surface area contributed by atoms with Crippen LogP contribution in [-0.2, 0) is 0 Å². The van der Waals surface area contributed by atoms with Crippen molar-refractivity contribution in [3.05, 3.63) is 71.0 Å². The van der Waals surface area contributed by atoms with Gasteiger partial charge in [0, 0.05) is 17.6 Å². The molecule has 3 rings (SSSR count). The summed E-state index contributed by atoms with van der Waals surface area (Å²) >= 11 is 6.10. The van der Waals surface area contributed by atoms with Gasteiger partial charge in [0.2, 0.25) is 5.95 Å². The molecule has 0 aliphatic heterocycles. The molecular formula is C19H14ClN5O2. The number of ether oxygens (including phenoxy) is 1. The number of nitrogens with zero attached hydrogens (tertiary/aromatic N) is 3. The van der Waals surface area contributed by atoms with Crippen LogP contribution in [0.5, 0.6) is 5.75 Å². The number of halogens is 1. The Balaban J connectivity index is 1.73. The van der Waals surface area contributed by atoms with Gasteiger partial charge in [-0.1, -0.05) is 11.6 Å². The maximum atomic E-state index is 12.4. The zero-order chi connectivity index (χ0) is 19.2. The van der Waals surface area contributed by atoms with E-state index in [9.17, 15) is 4.79 Å². The highest BCUT2D eigenvalue weighted by Crippen LogP contribution is 2.28. The average molecular weight is 380 g/mol. The van der Waals surface area contributed by atoms with Crippen molar-refractivity contribution in [1.29, 1.82) is 5.26 Å². The topological polar surface area (TPSA) is 99.9 Å². The Kier molecular flexibility index (Phi) is 5.50. The van der Waals surface area contributed by atoms with Gasteiger partial charge in [-0.25, -0.2) is 9.97 Å². The van der Waals surface area contributed by atoms with Crippen molar-refractivity contribution >= 4 is 34.8 Å². The Morgan fingerprint density at radius 1 is 1.15 bits per heavy atom. The first-order valence-electron chi connectivity index (χ1n) is 7.84. The summed E-state index contributed by atoms with van der Waals surface area (Å²) in [5.74, 6) is 0.417. The highest BCUT2D eigenvalue weighted by molar-refractivity contribution is 6.32. The van der Waals surface area contributed by atoms with Crippen molar-refractivity contribution in [2.75, 3.05) is 17.7 Å². The van der Waals surface area contributed by atoms with Crippen LogP contribution in [0.2, 0.25) is 5.02 Å². The second kappa shape index (κ2) is 8.17. The van der Waals surface area contributed by atoms with E-state index >= 15 is 0 Å². The van der Waals surface area contributed by atoms with E-state index in [1.807, 2.05) is 6.07 Å². The van der Waals surface area contributed by atoms with Crippen LogP contribution in [0, 0.1) is 11.3 Å². The number of benzene rings is 2. The van der Waals surface area contributed by atoms with Crippen LogP contribution < -0.4 is 15.4 Å². The van der Waals surface area contributed by atoms with E-state index in [0.29, 0.717) is 27.7 Å². The molecule has 0 radical (unpaired) electrons. The smallest absolute Gasteiger partial charge is 0.274 e. The quantitative estimate of drug-likeness (QED) is 0.694. The number of nitrogens with one attached hydrogen (secondary N) is 2. The number of nitriles is 1. The molecule has 1 heterocycles. The molecule has 134 valence electrons. The number of carbonyl (C=O) groups excluding carboxylic acids is 1. The van der Waals surface area contributed by atoms with Crippen LogP contribution in [0.3, 0.4) is 0 Å². The number of amides is 1. The number of methoxy groups -OCH3 is 1. The fourth-order valence-corrected chi connectivity index (χ4v) is 2.50. The predicted octanol–water partition coefficient (Wildman–Crippen LogP) is 4.01. The van der Waals surface area contributed by atoms with E-state index in [1.54, 1.807) is 42.5 Å². The van der Waals surface area contributed by atoms with Gasteiger partial charge >= 0.3 is 0 Å². The minimum Gasteiger partial charge on any atom is -0.495 e. The van der Waals surface area contributed by atoms with Crippen molar-refractivity contribution in [2.24, 2.45) is 0 Å². The van der Waals surface area contributed by atoms with Gasteiger partial charge in [-0.2, -0.15) is 5.26 Å². The second-order valence-electron chi connectivity index (χ2n) is 5.38. The largest absolute Gasteiger partial charge is 0.495 e. The minimum atomic E-state index is -0.391. The molecule has 2 aromatic carbocycles. The summed E-state index contributed by atoms with van der Waals surface area (Å²) in [6, 6.07) is 15.2. The lowest BCUT2D eigenvalue weighted by Gasteiger charge is -2.09. The highest BCUT2D eigenvalue weighted by Gasteiger charge is 2.10. The first kappa shape index (κ1) is 18.2. The summed E-state index contributed by atoms with van der Waals surface area (Å²) in [6.45, 7) is 0. The van der Waals surface area contributed by atoms with E-state index in [-0.39, 0.29) is 11.6 Å². The number of aromatic nitrogens is 2. The first-order chi connectivity index (χ1) is 13.1. The molecule has 0 atom stereocenters. The molecule has 0 aliphatic carbocycles. The van der Waals surface area contributed by atoms with Crippen molar-refractivity contribution in [3.63, 3.8) is 0 Å². The predicted molar refractivity (Wildman–Crippen MR) is 102 cm³/mol. The zero-order valence-corrected chi connectivity index (χ0v) is 15.0. The molecule has 0 saturated carbocycles. The molecule has 0 saturated heterocycles. The van der Waals surface area contributed by atoms with Crippen molar-refractivity contribution < 1.29 is 9.53 Å². The summed E-state index contributed by atoms with van der Waals surface area (Å²) < 4.78 is 5.11. The van der Waals surface area contributed by atoms with Crippen LogP contribution >= 0.6 is 11.6 Å². The summed E-state index contributed by atoms with van der Waals surface area (Å²) in [6.07, 6.45) is 1.48. The summed E-state index contributed by atoms with van der Waals surface area (Å²) in [4.78, 5) is 20.7. The maximum Gasteiger partial charge on any atom is 0.274 e. The van der Waals surface area contributed by atoms with Crippen LogP contribution in [-0.4, -0.2) is 23.0 Å². The minimum absolute atomic E-state index is 0.191. The molecule has 7 nitrogen and oxygen atoms in total. The van der Waals surface area contributed by atoms with Gasteiger partial charge < -0.3 is 15.4 Å². The third kappa shape index (κ3) is 4.51. The molecule has 1 aromatic heterocycles. The Labute approximate surface area is 160 Å². The van der Waals surface area contributed by atoms with Gasteiger partial charge in [-0.05, 0) is 48.5 Å². The standard InChI is InChI=1S/C19H14ClN5O2/c1-27-17-7-6-14(10-15(17)20)24-19-22-9-8-16(25-19)18(26)23-13-4-2-12(11-21)3-5-13/h2-10H,1H3,(H,23,26)(H,22,24,25). The monoisotopic (exact) mass is 379 g/mol. The van der Waals surface area contributed by atoms with Gasteiger partial charge in [0.1, 0.15) is 11.4 Å². The average Bonchev–Trinajstić information content (AvgIpc) is 2.69. The van der Waals surface area contributed by atoms with Crippen LogP contribution in [0.4, 0.5) is 17.3 Å². The molecule has 0 bridgehead atoms. The van der Waals surface area contributed by atoms with E-state index < -0.39 is 5.91 Å². The highest BCUT2D eigenvalue weighted by atomic mass is 35.5. The maximum absolute atomic E-state index is 12.4. The Morgan fingerprint density at radius 2 is 1.89 bits per heavy atom. The number of hydrogen-bond donors (Lipinski definition) is 2. The molecule has 2 N–H and O–H groups in total. The van der Waals surface area contributed by atoms with Gasteiger partial charge in [0.05, 0.1) is 23.8 Å². The number of carbonyl (C=O) groups is 1. The molecule has 0 fully saturated rings. The summed E-state index contributed by atoms with van der Waals surface area (Å²) in [5.41, 5.74) is 1.93. The normalized spacial score (nSPS) is 9.96. The van der Waals surface area contributed by atoms with E-state index in [0.717, 1.165) is 0 Å². The Bertz CT molecular complexity index is 1020. The number of anilines is 3. The van der Waals surface area contributed by atoms with Crippen molar-refractivity contribution in [2.45, 2.75) is 0 Å². The van der Waals surface area contributed by atoms with E-state index in [2.05, 4.69) is 20.6 Å². The molecule has 8 heteroatoms. The van der Waals surface area contributed by atoms with E-state index in [4.69, 9.17) is 21.6 Å². The molecule has 0 aliphatic rings. The fourth-order valence-electron chi connectivity index (χ4n) is 2.24. The number of rotatable bonds is 5. The van der Waals surface area contributed by atoms with Gasteiger partial charge in [-0.3, -0.25) is 4.79 Å². The lowest BCUT2D eigenvalue weighted by Crippen LogP contribution is -2.14. The van der Waals surface area contributed by atoms with Crippen molar-refractivity contribution in [1.82, 2.24) is 9.97 Å². The molecule has 1 amide bonds. The van der Waals surface area contributed by atoms with Gasteiger partial charge in [0.15, 0.2) is 0 Å². The first-order valence-corrected chi connectivity index (χ1v) is 8.22. The molecule has 0 spiro atoms. The second-order valence-corrected chi connectivity index (χ2v) is 5.79. The van der Waals surface area contributed by atoms with Crippen molar-refractivity contribution in [3.8, 4) is 11.8 Å². The third-order valence-corrected chi connectivity index (χ3v) is 3.86. The SMILES string of the molecule is COc1ccc(Nc2nccc(C(=O)Nc3ccc(C#N)cc3)n2)cc1Cl. The zero-order valence-electron chi connectivity index (χ0n) is 14.2. The lowest BCUT2D eigenvalue weighted by molar-refractivity contribution is 0.102. The molecule has 3 aromatic rings. The molecular weight excluding hydrogens is 366 g/mol. The fraction of sp³-hybridized carbons (Fsp3) is 0.0526. The Morgan fingerprint density at radius 3 is 2.56 bits per heavy atom. The molecule has 0 unspecified atom stereocenters. The molecule has 27 heavy (non-hydrogen) atoms. The summed E-state index contributed by atoms with van der Waals surface area (Å²) in [7, 11) is 1.54. The number of hydrogen-bond acceptors (Lipinski definition) is 6. The Hall–Kier alpha value is -3.63. The van der Waals surface area contributed by atoms with Crippen LogP contribution in [0.15, 0.2) is 54.7 Å².